The van der Waals surface area contributed by atoms with Crippen molar-refractivity contribution in [1.82, 2.24) is 4.90 Å². The fraction of sp³-hybridized carbons (Fsp3) is 0.0244. The Labute approximate surface area is 245 Å². The van der Waals surface area contributed by atoms with E-state index in [2.05, 4.69) is 146 Å². The average molecular weight is 536 g/mol. The summed E-state index contributed by atoms with van der Waals surface area (Å²) in [7, 11) is 0. The van der Waals surface area contributed by atoms with Crippen LogP contribution in [0, 0.1) is 0 Å². The Balaban J connectivity index is 1.44. The van der Waals surface area contributed by atoms with Gasteiger partial charge in [0, 0.05) is 18.1 Å². The molecular weight excluding hydrogens is 506 g/mol. The lowest BCUT2D eigenvalue weighted by molar-refractivity contribution is 0.650. The fourth-order valence-corrected chi connectivity index (χ4v) is 6.76. The van der Waals surface area contributed by atoms with E-state index in [1.165, 1.54) is 76.1 Å². The summed E-state index contributed by atoms with van der Waals surface area (Å²) in [5, 5.41) is 12.9. The van der Waals surface area contributed by atoms with Gasteiger partial charge < -0.3 is 4.90 Å². The van der Waals surface area contributed by atoms with Crippen molar-refractivity contribution in [2.45, 2.75) is 6.92 Å². The highest BCUT2D eigenvalue weighted by Crippen LogP contribution is 2.44. The van der Waals surface area contributed by atoms with Crippen LogP contribution in [0.4, 0.5) is 0 Å². The normalized spacial score (nSPS) is 13.8. The maximum atomic E-state index is 4.20. The summed E-state index contributed by atoms with van der Waals surface area (Å²) in [5.74, 6) is 0. The molecule has 8 rings (SSSR count). The van der Waals surface area contributed by atoms with Crippen LogP contribution in [-0.2, 0) is 0 Å². The summed E-state index contributed by atoms with van der Waals surface area (Å²) in [6.45, 7) is 6.38. The van der Waals surface area contributed by atoms with Crippen LogP contribution < -0.4 is 0 Å². The van der Waals surface area contributed by atoms with Crippen LogP contribution >= 0.6 is 0 Å². The van der Waals surface area contributed by atoms with Gasteiger partial charge in [0.05, 0.1) is 0 Å². The summed E-state index contributed by atoms with van der Waals surface area (Å²) in [6.07, 6.45) is 10.3. The predicted molar refractivity (Wildman–Crippen MR) is 182 cm³/mol. The van der Waals surface area contributed by atoms with E-state index in [9.17, 15) is 0 Å². The number of fused-ring (bicyclic) bond motifs is 9. The van der Waals surface area contributed by atoms with E-state index >= 15 is 0 Å². The molecule has 0 N–H and O–H groups in total. The second-order valence-corrected chi connectivity index (χ2v) is 11.1. The molecule has 0 bridgehead atoms. The number of nitrogens with zero attached hydrogens (tertiary/aromatic N) is 1. The first-order valence-corrected chi connectivity index (χ1v) is 14.5. The van der Waals surface area contributed by atoms with Gasteiger partial charge in [-0.15, -0.1) is 0 Å². The molecule has 1 heteroatoms. The standard InChI is InChI=1S/C41H29N/c1-27(26-42-24-12-11-13-28(42)2)29-22-23-36(31-15-4-3-14-30(29)31)39-25-40-34-18-6-5-16-32(34)33-17-7-9-20-37(33)41(40)38-21-10-8-19-35(38)39/h3-26H,2H2,1H3/b27-26+. The van der Waals surface area contributed by atoms with E-state index in [1.54, 1.807) is 0 Å². The number of hydrogen-bond acceptors (Lipinski definition) is 1. The van der Waals surface area contributed by atoms with Crippen molar-refractivity contribution in [3.8, 4) is 11.1 Å². The molecule has 1 nitrogen and oxygen atoms in total. The maximum absolute atomic E-state index is 4.20. The highest BCUT2D eigenvalue weighted by Gasteiger charge is 2.17. The first kappa shape index (κ1) is 24.4. The largest absolute Gasteiger partial charge is 0.324 e. The molecule has 1 aliphatic heterocycles. The summed E-state index contributed by atoms with van der Waals surface area (Å²) in [5.41, 5.74) is 5.90. The summed E-state index contributed by atoms with van der Waals surface area (Å²) in [4.78, 5) is 2.09. The van der Waals surface area contributed by atoms with Crippen molar-refractivity contribution in [3.63, 3.8) is 0 Å². The summed E-state index contributed by atoms with van der Waals surface area (Å²) < 4.78 is 0. The van der Waals surface area contributed by atoms with E-state index in [-0.39, 0.29) is 0 Å². The summed E-state index contributed by atoms with van der Waals surface area (Å²) >= 11 is 0. The molecule has 0 aromatic heterocycles. The Bertz CT molecular complexity index is 2330. The molecule has 0 radical (unpaired) electrons. The molecule has 7 aromatic carbocycles. The third-order valence-electron chi connectivity index (χ3n) is 8.70. The Kier molecular flexibility index (Phi) is 5.58. The Hall–Kier alpha value is -5.40. The molecule has 0 unspecified atom stereocenters. The number of benzene rings is 7. The van der Waals surface area contributed by atoms with Crippen molar-refractivity contribution < 1.29 is 0 Å². The van der Waals surface area contributed by atoms with E-state index in [0.717, 1.165) is 5.70 Å². The Morgan fingerprint density at radius 1 is 0.548 bits per heavy atom. The lowest BCUT2D eigenvalue weighted by Crippen LogP contribution is -2.09. The molecule has 0 spiro atoms. The minimum Gasteiger partial charge on any atom is -0.324 e. The molecule has 1 heterocycles. The van der Waals surface area contributed by atoms with Gasteiger partial charge >= 0.3 is 0 Å². The zero-order chi connectivity index (χ0) is 28.2. The van der Waals surface area contributed by atoms with Crippen molar-refractivity contribution in [3.05, 3.63) is 164 Å². The van der Waals surface area contributed by atoms with Crippen molar-refractivity contribution in [2.24, 2.45) is 0 Å². The number of allylic oxidation sites excluding steroid dienone is 4. The van der Waals surface area contributed by atoms with Crippen LogP contribution in [0.25, 0.3) is 70.6 Å². The molecule has 0 saturated carbocycles. The van der Waals surface area contributed by atoms with Gasteiger partial charge in [-0.1, -0.05) is 122 Å². The smallest absolute Gasteiger partial charge is 0.0377 e. The molecule has 42 heavy (non-hydrogen) atoms. The van der Waals surface area contributed by atoms with Gasteiger partial charge in [-0.05, 0) is 101 Å². The van der Waals surface area contributed by atoms with Crippen molar-refractivity contribution in [2.75, 3.05) is 0 Å². The Morgan fingerprint density at radius 2 is 1.07 bits per heavy atom. The second kappa shape index (κ2) is 9.61. The van der Waals surface area contributed by atoms with Gasteiger partial charge in [0.15, 0.2) is 0 Å². The predicted octanol–water partition coefficient (Wildman–Crippen LogP) is 11.4. The van der Waals surface area contributed by atoms with Gasteiger partial charge in [-0.2, -0.15) is 0 Å². The van der Waals surface area contributed by atoms with Gasteiger partial charge in [0.1, 0.15) is 0 Å². The van der Waals surface area contributed by atoms with E-state index in [1.807, 2.05) is 18.2 Å². The zero-order valence-electron chi connectivity index (χ0n) is 23.5. The zero-order valence-corrected chi connectivity index (χ0v) is 23.5. The second-order valence-electron chi connectivity index (χ2n) is 11.1. The number of hydrogen-bond donors (Lipinski definition) is 0. The molecule has 0 aliphatic carbocycles. The highest BCUT2D eigenvalue weighted by atomic mass is 15.1. The molecule has 0 fully saturated rings. The molecule has 0 amide bonds. The minimum atomic E-state index is 0.958. The third-order valence-corrected chi connectivity index (χ3v) is 8.70. The van der Waals surface area contributed by atoms with E-state index in [4.69, 9.17) is 0 Å². The number of rotatable bonds is 3. The first-order chi connectivity index (χ1) is 20.7. The van der Waals surface area contributed by atoms with Gasteiger partial charge in [-0.3, -0.25) is 0 Å². The van der Waals surface area contributed by atoms with Crippen LogP contribution in [0.15, 0.2) is 158 Å². The highest BCUT2D eigenvalue weighted by molar-refractivity contribution is 6.33. The monoisotopic (exact) mass is 535 g/mol. The van der Waals surface area contributed by atoms with Gasteiger partial charge in [0.2, 0.25) is 0 Å². The van der Waals surface area contributed by atoms with Crippen LogP contribution in [0.5, 0.6) is 0 Å². The fourth-order valence-electron chi connectivity index (χ4n) is 6.76. The molecule has 198 valence electrons. The van der Waals surface area contributed by atoms with Gasteiger partial charge in [-0.25, -0.2) is 0 Å². The van der Waals surface area contributed by atoms with Crippen molar-refractivity contribution >= 4 is 59.4 Å². The van der Waals surface area contributed by atoms with E-state index < -0.39 is 0 Å². The van der Waals surface area contributed by atoms with Gasteiger partial charge in [0.25, 0.3) is 0 Å². The van der Waals surface area contributed by atoms with Crippen LogP contribution in [-0.4, -0.2) is 4.90 Å². The van der Waals surface area contributed by atoms with Crippen molar-refractivity contribution in [1.29, 1.82) is 0 Å². The first-order valence-electron chi connectivity index (χ1n) is 14.5. The molecule has 0 atom stereocenters. The van der Waals surface area contributed by atoms with E-state index in [0.29, 0.717) is 0 Å². The lowest BCUT2D eigenvalue weighted by atomic mass is 9.85. The lowest BCUT2D eigenvalue weighted by Gasteiger charge is -2.21. The van der Waals surface area contributed by atoms with Crippen LogP contribution in [0.3, 0.4) is 0 Å². The Morgan fingerprint density at radius 3 is 1.74 bits per heavy atom. The minimum absolute atomic E-state index is 0.958. The SMILES string of the molecule is C=C1C=CC=CN1/C=C(\C)c1ccc(-c2cc3c4ccccc4c4ccccc4c3c3ccccc23)c2ccccc12. The van der Waals surface area contributed by atoms with Crippen LogP contribution in [0.2, 0.25) is 0 Å². The molecular formula is C41H29N. The topological polar surface area (TPSA) is 3.24 Å². The van der Waals surface area contributed by atoms with Crippen LogP contribution in [0.1, 0.15) is 12.5 Å². The molecule has 1 aliphatic rings. The molecule has 0 saturated heterocycles. The summed E-state index contributed by atoms with van der Waals surface area (Å²) in [6, 6.07) is 42.4. The third kappa shape index (κ3) is 3.71. The quantitative estimate of drug-likeness (QED) is 0.203. The molecule has 7 aromatic rings. The maximum Gasteiger partial charge on any atom is 0.0377 e. The average Bonchev–Trinajstić information content (AvgIpc) is 3.05.